The Morgan fingerprint density at radius 1 is 1.11 bits per heavy atom. The number of halogens is 3. The maximum Gasteiger partial charge on any atom is 0.417 e. The first kappa shape index (κ1) is 25.3. The van der Waals surface area contributed by atoms with E-state index < -0.39 is 21.8 Å². The van der Waals surface area contributed by atoms with Crippen molar-refractivity contribution in [1.82, 2.24) is 19.5 Å². The highest BCUT2D eigenvalue weighted by molar-refractivity contribution is 7.93. The number of ether oxygens (including phenoxy) is 1. The van der Waals surface area contributed by atoms with Gasteiger partial charge in [0.1, 0.15) is 5.82 Å². The Kier molecular flexibility index (Phi) is 6.71. The molecule has 3 aromatic rings. The Morgan fingerprint density at radius 3 is 2.51 bits per heavy atom. The van der Waals surface area contributed by atoms with E-state index in [1.807, 2.05) is 24.3 Å². The molecule has 1 aromatic carbocycles. The largest absolute Gasteiger partial charge is 0.480 e. The Bertz CT molecular complexity index is 1450. The first-order chi connectivity index (χ1) is 17.6. The number of hydrogen-bond donors (Lipinski definition) is 2. The van der Waals surface area contributed by atoms with Gasteiger partial charge in [-0.2, -0.15) is 17.5 Å². The third kappa shape index (κ3) is 5.21. The van der Waals surface area contributed by atoms with Crippen molar-refractivity contribution >= 4 is 32.3 Å². The number of rotatable bonds is 6. The van der Waals surface area contributed by atoms with E-state index in [-0.39, 0.29) is 6.04 Å². The molecule has 3 heterocycles. The standard InChI is InChI=1S/C25H26F3N5O3S/c1-36-24-21-14-17(4-8-22(21)31-32-24)16-2-6-20(7-3-16)37(34,35)33-12-10-19(11-13-33)30-23-9-5-18(15-29-23)25(26,27)28/h2,4-6,8-9,14-15,19H,3,7,10-13H2,1H3,(H,29,30)(H,31,32). The number of piperidine rings is 1. The van der Waals surface area contributed by atoms with E-state index in [9.17, 15) is 21.6 Å². The summed E-state index contributed by atoms with van der Waals surface area (Å²) in [7, 11) is -2.04. The van der Waals surface area contributed by atoms with Gasteiger partial charge in [0.05, 0.1) is 28.5 Å². The molecule has 0 unspecified atom stereocenters. The third-order valence-corrected chi connectivity index (χ3v) is 8.82. The van der Waals surface area contributed by atoms with Crippen LogP contribution in [0.25, 0.3) is 16.5 Å². The molecule has 0 saturated carbocycles. The summed E-state index contributed by atoms with van der Waals surface area (Å²) in [5, 5.41) is 11.0. The average molecular weight is 534 g/mol. The fourth-order valence-electron chi connectivity index (χ4n) is 4.68. The molecule has 5 rings (SSSR count). The van der Waals surface area contributed by atoms with Crippen LogP contribution >= 0.6 is 0 Å². The lowest BCUT2D eigenvalue weighted by Crippen LogP contribution is -2.42. The van der Waals surface area contributed by atoms with Crippen LogP contribution in [0.1, 0.15) is 36.8 Å². The first-order valence-corrected chi connectivity index (χ1v) is 13.3. The number of nitrogens with one attached hydrogen (secondary N) is 2. The molecule has 1 fully saturated rings. The molecular formula is C25H26F3N5O3S. The van der Waals surface area contributed by atoms with Gasteiger partial charge in [-0.3, -0.25) is 5.10 Å². The van der Waals surface area contributed by atoms with Gasteiger partial charge in [-0.15, -0.1) is 5.10 Å². The van der Waals surface area contributed by atoms with Gasteiger partial charge in [0.15, 0.2) is 0 Å². The Labute approximate surface area is 212 Å². The molecule has 2 aliphatic rings. The number of hydrogen-bond acceptors (Lipinski definition) is 6. The van der Waals surface area contributed by atoms with E-state index in [2.05, 4.69) is 20.5 Å². The number of sulfonamides is 1. The van der Waals surface area contributed by atoms with Crippen LogP contribution in [0.4, 0.5) is 19.0 Å². The molecular weight excluding hydrogens is 507 g/mol. The average Bonchev–Trinajstić information content (AvgIpc) is 3.31. The minimum absolute atomic E-state index is 0.0719. The number of pyridine rings is 1. The van der Waals surface area contributed by atoms with Crippen molar-refractivity contribution in [3.63, 3.8) is 0 Å². The molecule has 2 N–H and O–H groups in total. The summed E-state index contributed by atoms with van der Waals surface area (Å²) < 4.78 is 71.5. The number of anilines is 1. The molecule has 0 spiro atoms. The summed E-state index contributed by atoms with van der Waals surface area (Å²) >= 11 is 0. The van der Waals surface area contributed by atoms with E-state index in [1.165, 1.54) is 10.4 Å². The molecule has 196 valence electrons. The van der Waals surface area contributed by atoms with E-state index in [4.69, 9.17) is 4.74 Å². The summed E-state index contributed by atoms with van der Waals surface area (Å²) in [6.45, 7) is 0.650. The first-order valence-electron chi connectivity index (χ1n) is 11.9. The third-order valence-electron chi connectivity index (χ3n) is 6.77. The van der Waals surface area contributed by atoms with Crippen LogP contribution < -0.4 is 10.1 Å². The van der Waals surface area contributed by atoms with Crippen molar-refractivity contribution in [3.8, 4) is 5.88 Å². The minimum Gasteiger partial charge on any atom is -0.480 e. The lowest BCUT2D eigenvalue weighted by Gasteiger charge is -2.33. The van der Waals surface area contributed by atoms with Gasteiger partial charge in [-0.1, -0.05) is 12.1 Å². The zero-order valence-corrected chi connectivity index (χ0v) is 20.9. The Morgan fingerprint density at radius 2 is 1.89 bits per heavy atom. The highest BCUT2D eigenvalue weighted by Gasteiger charge is 2.33. The lowest BCUT2D eigenvalue weighted by atomic mass is 9.96. The second-order valence-corrected chi connectivity index (χ2v) is 11.1. The van der Waals surface area contributed by atoms with E-state index >= 15 is 0 Å². The zero-order chi connectivity index (χ0) is 26.2. The summed E-state index contributed by atoms with van der Waals surface area (Å²) in [5.41, 5.74) is 2.08. The highest BCUT2D eigenvalue weighted by atomic mass is 32.2. The molecule has 0 atom stereocenters. The van der Waals surface area contributed by atoms with Crippen LogP contribution in [0.15, 0.2) is 53.6 Å². The normalized spacial score (nSPS) is 17.9. The van der Waals surface area contributed by atoms with Crippen LogP contribution in [0.5, 0.6) is 5.88 Å². The van der Waals surface area contributed by atoms with Gasteiger partial charge in [0, 0.05) is 25.3 Å². The molecule has 37 heavy (non-hydrogen) atoms. The minimum atomic E-state index is -4.43. The number of aromatic amines is 1. The van der Waals surface area contributed by atoms with Crippen molar-refractivity contribution in [3.05, 3.63) is 64.7 Å². The summed E-state index contributed by atoms with van der Waals surface area (Å²) in [6.07, 6.45) is 1.96. The number of aromatic nitrogens is 3. The maximum atomic E-state index is 13.3. The van der Waals surface area contributed by atoms with Crippen LogP contribution in [0.2, 0.25) is 0 Å². The second-order valence-electron chi connectivity index (χ2n) is 9.07. The fourth-order valence-corrected chi connectivity index (χ4v) is 6.30. The maximum absolute atomic E-state index is 13.3. The van der Waals surface area contributed by atoms with Crippen molar-refractivity contribution < 1.29 is 26.3 Å². The lowest BCUT2D eigenvalue weighted by molar-refractivity contribution is -0.137. The Balaban J connectivity index is 1.22. The van der Waals surface area contributed by atoms with Crippen LogP contribution in [-0.4, -0.2) is 54.1 Å². The monoisotopic (exact) mass is 533 g/mol. The fraction of sp³-hybridized carbons (Fsp3) is 0.360. The molecule has 0 bridgehead atoms. The number of H-pyrrole nitrogens is 1. The summed E-state index contributed by atoms with van der Waals surface area (Å²) in [4.78, 5) is 4.23. The quantitative estimate of drug-likeness (QED) is 0.465. The molecule has 12 heteroatoms. The topological polar surface area (TPSA) is 100 Å². The van der Waals surface area contributed by atoms with Crippen molar-refractivity contribution in [2.75, 3.05) is 25.5 Å². The number of fused-ring (bicyclic) bond motifs is 1. The number of methoxy groups -OCH3 is 1. The van der Waals surface area contributed by atoms with Crippen LogP contribution in [0.3, 0.4) is 0 Å². The number of benzene rings is 1. The molecule has 1 aliphatic heterocycles. The van der Waals surface area contributed by atoms with Gasteiger partial charge < -0.3 is 10.1 Å². The smallest absolute Gasteiger partial charge is 0.417 e. The van der Waals surface area contributed by atoms with Gasteiger partial charge >= 0.3 is 6.18 Å². The number of nitrogens with zero attached hydrogens (tertiary/aromatic N) is 3. The molecule has 2 aromatic heterocycles. The number of alkyl halides is 3. The van der Waals surface area contributed by atoms with Gasteiger partial charge in [0.2, 0.25) is 15.9 Å². The predicted molar refractivity (Wildman–Crippen MR) is 134 cm³/mol. The van der Waals surface area contributed by atoms with E-state index in [0.717, 1.165) is 34.3 Å². The van der Waals surface area contributed by atoms with Crippen molar-refractivity contribution in [2.24, 2.45) is 0 Å². The van der Waals surface area contributed by atoms with E-state index in [1.54, 1.807) is 13.2 Å². The van der Waals surface area contributed by atoms with Crippen molar-refractivity contribution in [2.45, 2.75) is 37.9 Å². The van der Waals surface area contributed by atoms with Gasteiger partial charge in [0.25, 0.3) is 0 Å². The number of allylic oxidation sites excluding steroid dienone is 4. The van der Waals surface area contributed by atoms with E-state index in [0.29, 0.717) is 55.4 Å². The second kappa shape index (κ2) is 9.82. The zero-order valence-electron chi connectivity index (χ0n) is 20.0. The SMILES string of the molecule is COc1n[nH]c2ccc(C3=CC=C(S(=O)(=O)N4CCC(Nc5ccc(C(F)(F)F)cn5)CC4)CC3)cc12. The van der Waals surface area contributed by atoms with Gasteiger partial charge in [-0.25, -0.2) is 13.4 Å². The molecule has 1 aliphatic carbocycles. The molecule has 0 radical (unpaired) electrons. The highest BCUT2D eigenvalue weighted by Crippen LogP contribution is 2.34. The van der Waals surface area contributed by atoms with Gasteiger partial charge in [-0.05, 0) is 67.2 Å². The Hall–Kier alpha value is -3.38. The van der Waals surface area contributed by atoms with Crippen LogP contribution in [-0.2, 0) is 16.2 Å². The molecule has 8 nitrogen and oxygen atoms in total. The summed E-state index contributed by atoms with van der Waals surface area (Å²) in [5.74, 6) is 0.854. The molecule has 1 saturated heterocycles. The van der Waals surface area contributed by atoms with Crippen molar-refractivity contribution in [1.29, 1.82) is 0 Å². The molecule has 0 amide bonds. The van der Waals surface area contributed by atoms with Crippen LogP contribution in [0, 0.1) is 0 Å². The predicted octanol–water partition coefficient (Wildman–Crippen LogP) is 4.95. The summed E-state index contributed by atoms with van der Waals surface area (Å²) in [6, 6.07) is 8.09.